The van der Waals surface area contributed by atoms with Gasteiger partial charge >= 0.3 is 0 Å². The summed E-state index contributed by atoms with van der Waals surface area (Å²) in [6, 6.07) is 1.87. The van der Waals surface area contributed by atoms with E-state index in [9.17, 15) is 0 Å². The molecule has 2 fully saturated rings. The van der Waals surface area contributed by atoms with Gasteiger partial charge in [-0.3, -0.25) is 0 Å². The first kappa shape index (κ1) is 12.7. The Hall–Kier alpha value is -0.360. The fourth-order valence-corrected chi connectivity index (χ4v) is 3.38. The Balaban J connectivity index is 1.83. The van der Waals surface area contributed by atoms with Crippen LogP contribution in [0.1, 0.15) is 6.42 Å². The maximum atomic E-state index is 5.92. The van der Waals surface area contributed by atoms with Crippen LogP contribution in [-0.2, 0) is 9.47 Å². The Morgan fingerprint density at radius 2 is 2.33 bits per heavy atom. The van der Waals surface area contributed by atoms with Crippen molar-refractivity contribution in [2.24, 2.45) is 0 Å². The lowest BCUT2D eigenvalue weighted by Crippen LogP contribution is -2.52. The minimum Gasteiger partial charge on any atom is -0.378 e. The minimum atomic E-state index is -0.154. The number of anilines is 1. The first-order chi connectivity index (χ1) is 8.69. The van der Waals surface area contributed by atoms with Crippen molar-refractivity contribution in [2.45, 2.75) is 12.0 Å². The van der Waals surface area contributed by atoms with Crippen molar-refractivity contribution in [1.82, 2.24) is 4.98 Å². The molecule has 2 aliphatic rings. The fraction of sp³-hybridized carbons (Fsp3) is 0.583. The zero-order valence-electron chi connectivity index (χ0n) is 9.86. The van der Waals surface area contributed by atoms with E-state index in [2.05, 4.69) is 25.8 Å². The van der Waals surface area contributed by atoms with Gasteiger partial charge in [0, 0.05) is 25.8 Å². The lowest BCUT2D eigenvalue weighted by atomic mass is 10.0. The van der Waals surface area contributed by atoms with Crippen LogP contribution < -0.4 is 4.90 Å². The van der Waals surface area contributed by atoms with Crippen molar-refractivity contribution < 1.29 is 9.47 Å². The first-order valence-corrected chi connectivity index (χ1v) is 7.13. The Morgan fingerprint density at radius 1 is 1.44 bits per heavy atom. The standard InChI is InChI=1S/C12H14BrClN2O2/c13-10-5-9(14)6-15-11(10)16-2-4-18-12(7-16)1-3-17-8-12/h5-6H,1-4,7-8H2. The summed E-state index contributed by atoms with van der Waals surface area (Å²) in [7, 11) is 0. The molecule has 6 heteroatoms. The van der Waals surface area contributed by atoms with Crippen LogP contribution in [0.3, 0.4) is 0 Å². The topological polar surface area (TPSA) is 34.6 Å². The third-order valence-electron chi connectivity index (χ3n) is 3.40. The largest absolute Gasteiger partial charge is 0.378 e. The van der Waals surface area contributed by atoms with Crippen LogP contribution in [0.2, 0.25) is 5.02 Å². The molecule has 3 heterocycles. The van der Waals surface area contributed by atoms with Crippen LogP contribution in [0.15, 0.2) is 16.7 Å². The monoisotopic (exact) mass is 332 g/mol. The highest BCUT2D eigenvalue weighted by atomic mass is 79.9. The van der Waals surface area contributed by atoms with Crippen LogP contribution in [0, 0.1) is 0 Å². The summed E-state index contributed by atoms with van der Waals surface area (Å²) in [5.74, 6) is 0.925. The summed E-state index contributed by atoms with van der Waals surface area (Å²) in [5, 5.41) is 0.637. The summed E-state index contributed by atoms with van der Waals surface area (Å²) >= 11 is 9.44. The molecule has 1 aromatic rings. The maximum Gasteiger partial charge on any atom is 0.143 e. The van der Waals surface area contributed by atoms with E-state index in [-0.39, 0.29) is 5.60 Å². The molecular formula is C12H14BrClN2O2. The van der Waals surface area contributed by atoms with E-state index in [1.165, 1.54) is 0 Å². The third kappa shape index (κ3) is 2.37. The van der Waals surface area contributed by atoms with Crippen LogP contribution in [-0.4, -0.2) is 43.5 Å². The molecule has 1 atom stereocenters. The Labute approximate surface area is 119 Å². The molecular weight excluding hydrogens is 320 g/mol. The smallest absolute Gasteiger partial charge is 0.143 e. The lowest BCUT2D eigenvalue weighted by Gasteiger charge is -2.40. The Morgan fingerprint density at radius 3 is 3.06 bits per heavy atom. The summed E-state index contributed by atoms with van der Waals surface area (Å²) in [5.41, 5.74) is -0.154. The predicted molar refractivity (Wildman–Crippen MR) is 73.3 cm³/mol. The van der Waals surface area contributed by atoms with Crippen LogP contribution >= 0.6 is 27.5 Å². The number of nitrogens with zero attached hydrogens (tertiary/aromatic N) is 2. The highest BCUT2D eigenvalue weighted by Crippen LogP contribution is 2.33. The summed E-state index contributed by atoms with van der Waals surface area (Å²) < 4.78 is 12.3. The van der Waals surface area contributed by atoms with Gasteiger partial charge in [0.2, 0.25) is 0 Å². The number of rotatable bonds is 1. The van der Waals surface area contributed by atoms with Gasteiger partial charge < -0.3 is 14.4 Å². The number of morpholine rings is 1. The van der Waals surface area contributed by atoms with Gasteiger partial charge in [0.1, 0.15) is 11.4 Å². The number of pyridine rings is 1. The third-order valence-corrected chi connectivity index (χ3v) is 4.19. The molecule has 0 aromatic carbocycles. The normalized spacial score (nSPS) is 28.0. The zero-order chi connectivity index (χ0) is 12.6. The predicted octanol–water partition coefficient (Wildman–Crippen LogP) is 2.49. The number of halogens is 2. The molecule has 18 heavy (non-hydrogen) atoms. The highest BCUT2D eigenvalue weighted by Gasteiger charge is 2.41. The molecule has 0 N–H and O–H groups in total. The molecule has 1 spiro atoms. The van der Waals surface area contributed by atoms with Crippen molar-refractivity contribution >= 4 is 33.3 Å². The molecule has 98 valence electrons. The zero-order valence-corrected chi connectivity index (χ0v) is 12.2. The van der Waals surface area contributed by atoms with Crippen molar-refractivity contribution in [3.8, 4) is 0 Å². The fourth-order valence-electron chi connectivity index (χ4n) is 2.49. The molecule has 0 saturated carbocycles. The molecule has 2 aliphatic heterocycles. The lowest BCUT2D eigenvalue weighted by molar-refractivity contribution is -0.0581. The molecule has 0 radical (unpaired) electrons. The molecule has 4 nitrogen and oxygen atoms in total. The van der Waals surface area contributed by atoms with Gasteiger partial charge in [0.05, 0.1) is 29.3 Å². The van der Waals surface area contributed by atoms with Crippen molar-refractivity contribution in [3.05, 3.63) is 21.8 Å². The average molecular weight is 334 g/mol. The number of hydrogen-bond donors (Lipinski definition) is 0. The van der Waals surface area contributed by atoms with E-state index in [0.717, 1.165) is 36.4 Å². The molecule has 2 saturated heterocycles. The maximum absolute atomic E-state index is 5.92. The number of hydrogen-bond acceptors (Lipinski definition) is 4. The minimum absolute atomic E-state index is 0.154. The SMILES string of the molecule is Clc1cnc(N2CCOC3(CCOC3)C2)c(Br)c1. The quantitative estimate of drug-likeness (QED) is 0.791. The van der Waals surface area contributed by atoms with Gasteiger partial charge in [-0.2, -0.15) is 0 Å². The van der Waals surface area contributed by atoms with E-state index in [4.69, 9.17) is 21.1 Å². The van der Waals surface area contributed by atoms with Gasteiger partial charge in [0.25, 0.3) is 0 Å². The molecule has 0 aliphatic carbocycles. The van der Waals surface area contributed by atoms with Gasteiger partial charge in [0.15, 0.2) is 0 Å². The van der Waals surface area contributed by atoms with Gasteiger partial charge in [-0.1, -0.05) is 11.6 Å². The first-order valence-electron chi connectivity index (χ1n) is 5.96. The van der Waals surface area contributed by atoms with E-state index in [1.807, 2.05) is 6.07 Å². The van der Waals surface area contributed by atoms with E-state index < -0.39 is 0 Å². The van der Waals surface area contributed by atoms with E-state index in [1.54, 1.807) is 6.20 Å². The second-order valence-electron chi connectivity index (χ2n) is 4.71. The second-order valence-corrected chi connectivity index (χ2v) is 6.01. The van der Waals surface area contributed by atoms with Crippen LogP contribution in [0.25, 0.3) is 0 Å². The van der Waals surface area contributed by atoms with Crippen LogP contribution in [0.5, 0.6) is 0 Å². The van der Waals surface area contributed by atoms with E-state index >= 15 is 0 Å². The molecule has 0 amide bonds. The van der Waals surface area contributed by atoms with Crippen molar-refractivity contribution in [2.75, 3.05) is 37.8 Å². The van der Waals surface area contributed by atoms with Crippen LogP contribution in [0.4, 0.5) is 5.82 Å². The summed E-state index contributed by atoms with van der Waals surface area (Å²) in [6.07, 6.45) is 2.63. The Bertz CT molecular complexity index is 452. The van der Waals surface area contributed by atoms with Gasteiger partial charge in [-0.15, -0.1) is 0 Å². The number of aromatic nitrogens is 1. The highest BCUT2D eigenvalue weighted by molar-refractivity contribution is 9.10. The second kappa shape index (κ2) is 4.96. The molecule has 3 rings (SSSR count). The number of ether oxygens (including phenoxy) is 2. The summed E-state index contributed by atoms with van der Waals surface area (Å²) in [4.78, 5) is 6.64. The van der Waals surface area contributed by atoms with Gasteiger partial charge in [-0.25, -0.2) is 4.98 Å². The van der Waals surface area contributed by atoms with Crippen molar-refractivity contribution in [3.63, 3.8) is 0 Å². The van der Waals surface area contributed by atoms with Gasteiger partial charge in [-0.05, 0) is 22.0 Å². The Kier molecular flexibility index (Phi) is 3.49. The van der Waals surface area contributed by atoms with E-state index in [0.29, 0.717) is 18.2 Å². The van der Waals surface area contributed by atoms with Crippen molar-refractivity contribution in [1.29, 1.82) is 0 Å². The molecule has 1 unspecified atom stereocenters. The molecule has 1 aromatic heterocycles. The summed E-state index contributed by atoms with van der Waals surface area (Å²) in [6.45, 7) is 3.83. The molecule has 0 bridgehead atoms. The average Bonchev–Trinajstić information content (AvgIpc) is 2.77.